The first-order valence-corrected chi connectivity index (χ1v) is 11.9. The fraction of sp³-hybridized carbons (Fsp3) is 0.263. The molecule has 1 aliphatic heterocycles. The van der Waals surface area contributed by atoms with Gasteiger partial charge in [-0.3, -0.25) is 0 Å². The molecule has 0 saturated carbocycles. The maximum absolute atomic E-state index is 11.7. The molecule has 0 unspecified atom stereocenters. The van der Waals surface area contributed by atoms with E-state index in [0.29, 0.717) is 42.0 Å². The number of carboxylic acid groups (broad SMARTS) is 1. The van der Waals surface area contributed by atoms with E-state index in [2.05, 4.69) is 10.2 Å². The molecule has 30 heavy (non-hydrogen) atoms. The Morgan fingerprint density at radius 3 is 2.27 bits per heavy atom. The fourth-order valence-corrected chi connectivity index (χ4v) is 4.67. The number of rotatable bonds is 4. The lowest BCUT2D eigenvalue weighted by molar-refractivity contribution is 0.0697. The largest absolute Gasteiger partial charge is 0.478 e. The monoisotopic (exact) mass is 487 g/mol. The average molecular weight is 488 g/mol. The minimum absolute atomic E-state index is 0.0283. The molecule has 160 valence electrons. The van der Waals surface area contributed by atoms with E-state index in [9.17, 15) is 13.2 Å². The van der Waals surface area contributed by atoms with Gasteiger partial charge < -0.3 is 20.2 Å². The van der Waals surface area contributed by atoms with Crippen LogP contribution in [-0.2, 0) is 9.84 Å². The molecule has 0 radical (unpaired) electrons. The minimum Gasteiger partial charge on any atom is -0.478 e. The first-order chi connectivity index (χ1) is 14.1. The van der Waals surface area contributed by atoms with E-state index in [-0.39, 0.29) is 15.5 Å². The lowest BCUT2D eigenvalue weighted by Crippen LogP contribution is -2.50. The van der Waals surface area contributed by atoms with E-state index in [4.69, 9.17) is 40.5 Å². The van der Waals surface area contributed by atoms with Crippen molar-refractivity contribution in [2.75, 3.05) is 42.7 Å². The molecule has 2 N–H and O–H groups in total. The maximum Gasteiger partial charge on any atom is 0.337 e. The fourth-order valence-electron chi connectivity index (χ4n) is 3.09. The molecular weight excluding hydrogens is 469 g/mol. The van der Waals surface area contributed by atoms with Gasteiger partial charge in [-0.25, -0.2) is 13.2 Å². The summed E-state index contributed by atoms with van der Waals surface area (Å²) < 4.78 is 23.4. The Morgan fingerprint density at radius 1 is 1.07 bits per heavy atom. The van der Waals surface area contributed by atoms with E-state index in [1.54, 1.807) is 18.2 Å². The molecule has 0 aliphatic carbocycles. The molecule has 1 saturated heterocycles. The van der Waals surface area contributed by atoms with Crippen molar-refractivity contribution in [2.45, 2.75) is 4.90 Å². The minimum atomic E-state index is -3.31. The van der Waals surface area contributed by atoms with E-state index < -0.39 is 15.8 Å². The summed E-state index contributed by atoms with van der Waals surface area (Å²) in [7, 11) is -3.31. The number of nitrogens with one attached hydrogen (secondary N) is 1. The molecule has 2 aromatic rings. The maximum atomic E-state index is 11.7. The van der Waals surface area contributed by atoms with Crippen LogP contribution >= 0.6 is 35.4 Å². The highest BCUT2D eigenvalue weighted by Crippen LogP contribution is 2.29. The third-order valence-corrected chi connectivity index (χ3v) is 6.79. The Balaban J connectivity index is 1.62. The zero-order valence-electron chi connectivity index (χ0n) is 15.9. The molecular formula is C19H19Cl2N3O4S2. The predicted octanol–water partition coefficient (Wildman–Crippen LogP) is 3.61. The van der Waals surface area contributed by atoms with Crippen molar-refractivity contribution in [3.63, 3.8) is 0 Å². The summed E-state index contributed by atoms with van der Waals surface area (Å²) in [5.41, 5.74) is 1.41. The number of anilines is 2. The van der Waals surface area contributed by atoms with Crippen molar-refractivity contribution >= 4 is 67.7 Å². The number of carboxylic acids is 1. The summed E-state index contributed by atoms with van der Waals surface area (Å²) in [5.74, 6) is -1.09. The highest BCUT2D eigenvalue weighted by atomic mass is 35.5. The van der Waals surface area contributed by atoms with Crippen molar-refractivity contribution in [1.82, 2.24) is 4.90 Å². The molecule has 1 fully saturated rings. The van der Waals surface area contributed by atoms with Crippen LogP contribution in [0.1, 0.15) is 10.4 Å². The van der Waals surface area contributed by atoms with E-state index in [1.807, 2.05) is 4.90 Å². The zero-order valence-corrected chi connectivity index (χ0v) is 19.1. The number of sulfone groups is 1. The third kappa shape index (κ3) is 5.15. The first-order valence-electron chi connectivity index (χ1n) is 8.89. The highest BCUT2D eigenvalue weighted by Gasteiger charge is 2.22. The molecule has 1 heterocycles. The summed E-state index contributed by atoms with van der Waals surface area (Å²) in [6.07, 6.45) is 1.15. The second kappa shape index (κ2) is 8.97. The van der Waals surface area contributed by atoms with E-state index in [0.717, 1.165) is 11.9 Å². The van der Waals surface area contributed by atoms with Gasteiger partial charge in [-0.1, -0.05) is 23.2 Å². The van der Waals surface area contributed by atoms with Gasteiger partial charge in [0.1, 0.15) is 0 Å². The summed E-state index contributed by atoms with van der Waals surface area (Å²) in [5, 5.41) is 13.2. The second-order valence-electron chi connectivity index (χ2n) is 6.79. The van der Waals surface area contributed by atoms with Gasteiger partial charge in [-0.2, -0.15) is 0 Å². The van der Waals surface area contributed by atoms with Crippen LogP contribution in [0.3, 0.4) is 0 Å². The molecule has 3 rings (SSSR count). The van der Waals surface area contributed by atoms with Crippen molar-refractivity contribution in [3.8, 4) is 0 Å². The van der Waals surface area contributed by atoms with Crippen molar-refractivity contribution < 1.29 is 18.3 Å². The molecule has 7 nitrogen and oxygen atoms in total. The smallest absolute Gasteiger partial charge is 0.337 e. The Hall–Kier alpha value is -2.07. The van der Waals surface area contributed by atoms with Crippen molar-refractivity contribution in [2.24, 2.45) is 0 Å². The normalized spacial score (nSPS) is 14.5. The molecule has 0 atom stereocenters. The van der Waals surface area contributed by atoms with Crippen LogP contribution in [0.5, 0.6) is 0 Å². The molecule has 1 aliphatic rings. The second-order valence-corrected chi connectivity index (χ2v) is 10.0. The van der Waals surface area contributed by atoms with Gasteiger partial charge in [0.25, 0.3) is 0 Å². The topological polar surface area (TPSA) is 90.0 Å². The Kier molecular flexibility index (Phi) is 6.76. The van der Waals surface area contributed by atoms with E-state index >= 15 is 0 Å². The predicted molar refractivity (Wildman–Crippen MR) is 123 cm³/mol. The number of aromatic carboxylic acids is 1. The van der Waals surface area contributed by atoms with Crippen LogP contribution in [0.4, 0.5) is 11.4 Å². The molecule has 0 spiro atoms. The van der Waals surface area contributed by atoms with Crippen molar-refractivity contribution in [1.29, 1.82) is 0 Å². The Morgan fingerprint density at radius 2 is 1.73 bits per heavy atom. The van der Waals surface area contributed by atoms with Crippen LogP contribution in [0.2, 0.25) is 10.0 Å². The van der Waals surface area contributed by atoms with Gasteiger partial charge in [0.15, 0.2) is 14.9 Å². The SMILES string of the molecule is CS(=O)(=O)c1ccc(N2CCN(C(=S)Nc3ccc(C(=O)O)c(Cl)c3)CC2)c(Cl)c1. The standard InChI is InChI=1S/C19H19Cl2N3O4S2/c1-30(27,28)13-3-5-17(16(21)11-13)23-6-8-24(9-7-23)19(29)22-12-2-4-14(18(25)26)15(20)10-12/h2-5,10-11H,6-9H2,1H3,(H,22,29)(H,25,26). The molecule has 0 aromatic heterocycles. The summed E-state index contributed by atoms with van der Waals surface area (Å²) in [4.78, 5) is 15.3. The number of hydrogen-bond donors (Lipinski definition) is 2. The van der Waals surface area contributed by atoms with E-state index in [1.165, 1.54) is 18.2 Å². The van der Waals surface area contributed by atoms with Crippen LogP contribution in [0.25, 0.3) is 0 Å². The first kappa shape index (κ1) is 22.6. The summed E-state index contributed by atoms with van der Waals surface area (Å²) in [6.45, 7) is 2.57. The summed E-state index contributed by atoms with van der Waals surface area (Å²) >= 11 is 17.8. The average Bonchev–Trinajstić information content (AvgIpc) is 2.67. The van der Waals surface area contributed by atoms with Crippen molar-refractivity contribution in [3.05, 3.63) is 52.0 Å². The number of nitrogens with zero attached hydrogens (tertiary/aromatic N) is 2. The van der Waals surface area contributed by atoms with Gasteiger partial charge in [0, 0.05) is 38.1 Å². The van der Waals surface area contributed by atoms with Crippen LogP contribution in [0, 0.1) is 0 Å². The highest BCUT2D eigenvalue weighted by molar-refractivity contribution is 7.90. The lowest BCUT2D eigenvalue weighted by atomic mass is 10.2. The van der Waals surface area contributed by atoms with Gasteiger partial charge in [0.2, 0.25) is 0 Å². The third-order valence-electron chi connectivity index (χ3n) is 4.71. The molecule has 0 bridgehead atoms. The Bertz CT molecular complexity index is 1100. The molecule has 11 heteroatoms. The quantitative estimate of drug-likeness (QED) is 0.631. The van der Waals surface area contributed by atoms with Gasteiger partial charge in [0.05, 0.1) is 26.2 Å². The number of carbonyl (C=O) groups is 1. The number of halogens is 2. The number of benzene rings is 2. The zero-order chi connectivity index (χ0) is 22.1. The molecule has 2 aromatic carbocycles. The van der Waals surface area contributed by atoms with Gasteiger partial charge in [-0.05, 0) is 48.6 Å². The number of piperazine rings is 1. The number of thiocarbonyl (C=S) groups is 1. The Labute approximate surface area is 190 Å². The van der Waals surface area contributed by atoms with Crippen LogP contribution in [0.15, 0.2) is 41.3 Å². The van der Waals surface area contributed by atoms with Gasteiger partial charge >= 0.3 is 5.97 Å². The lowest BCUT2D eigenvalue weighted by Gasteiger charge is -2.37. The summed E-state index contributed by atoms with van der Waals surface area (Å²) in [6, 6.07) is 9.30. The van der Waals surface area contributed by atoms with Crippen LogP contribution < -0.4 is 10.2 Å². The molecule has 0 amide bonds. The van der Waals surface area contributed by atoms with Gasteiger partial charge in [-0.15, -0.1) is 0 Å². The van der Waals surface area contributed by atoms with Crippen LogP contribution in [-0.4, -0.2) is 61.9 Å². The number of hydrogen-bond acceptors (Lipinski definition) is 5.